The molecule has 2 unspecified atom stereocenters. The Hall–Kier alpha value is -1.43. The number of hydrogen-bond acceptors (Lipinski definition) is 5. The van der Waals surface area contributed by atoms with Crippen LogP contribution in [0.25, 0.3) is 0 Å². The monoisotopic (exact) mass is 303 g/mol. The van der Waals surface area contributed by atoms with Crippen molar-refractivity contribution in [3.63, 3.8) is 0 Å². The van der Waals surface area contributed by atoms with Crippen LogP contribution < -0.4 is 0 Å². The van der Waals surface area contributed by atoms with Gasteiger partial charge in [0.25, 0.3) is 0 Å². The van der Waals surface area contributed by atoms with Gasteiger partial charge < -0.3 is 14.6 Å². The number of aliphatic hydroxyl groups excluding tert-OH is 1. The van der Waals surface area contributed by atoms with Gasteiger partial charge in [-0.15, -0.1) is 0 Å². The standard InChI is InChI=1S/C17H21NO4/c1-18-13-7-11(8-14(18)16-15(13)22-16)21-17(20)12(9-19)10-5-3-2-4-6-10/h2-6,11-16,19H,7-9H2,1H3/t11?,12-,13-,14+,15?,16+/m1/s1. The van der Waals surface area contributed by atoms with E-state index in [2.05, 4.69) is 11.9 Å². The van der Waals surface area contributed by atoms with Crippen LogP contribution in [0.1, 0.15) is 24.3 Å². The number of carbonyl (C=O) groups is 1. The molecule has 2 bridgehead atoms. The summed E-state index contributed by atoms with van der Waals surface area (Å²) in [5, 5.41) is 9.56. The van der Waals surface area contributed by atoms with E-state index in [4.69, 9.17) is 9.47 Å². The number of ether oxygens (including phenoxy) is 2. The third-order valence-corrected chi connectivity index (χ3v) is 5.33. The number of aliphatic hydroxyl groups is 1. The molecule has 0 spiro atoms. The molecular weight excluding hydrogens is 282 g/mol. The van der Waals surface area contributed by atoms with E-state index in [0.717, 1.165) is 18.4 Å². The topological polar surface area (TPSA) is 62.3 Å². The van der Waals surface area contributed by atoms with Crippen LogP contribution in [0.2, 0.25) is 0 Å². The van der Waals surface area contributed by atoms with Crippen LogP contribution in [-0.4, -0.2) is 60.0 Å². The minimum absolute atomic E-state index is 0.0622. The molecule has 118 valence electrons. The van der Waals surface area contributed by atoms with Crippen LogP contribution in [0, 0.1) is 0 Å². The average molecular weight is 303 g/mol. The molecule has 0 aromatic heterocycles. The van der Waals surface area contributed by atoms with Crippen molar-refractivity contribution in [1.82, 2.24) is 4.90 Å². The molecule has 3 heterocycles. The molecule has 3 aliphatic heterocycles. The Morgan fingerprint density at radius 3 is 2.55 bits per heavy atom. The van der Waals surface area contributed by atoms with E-state index in [1.165, 1.54) is 0 Å². The number of nitrogens with zero attached hydrogens (tertiary/aromatic N) is 1. The number of likely N-dealkylation sites (N-methyl/N-ethyl adjacent to an activating group) is 1. The number of morpholine rings is 1. The average Bonchev–Trinajstić information content (AvgIpc) is 3.27. The number of hydrogen-bond donors (Lipinski definition) is 1. The molecule has 3 aliphatic rings. The van der Waals surface area contributed by atoms with Crippen LogP contribution >= 0.6 is 0 Å². The number of rotatable bonds is 4. The van der Waals surface area contributed by atoms with Gasteiger partial charge in [-0.05, 0) is 12.6 Å². The van der Waals surface area contributed by atoms with Crippen molar-refractivity contribution in [2.45, 2.75) is 49.2 Å². The molecular formula is C17H21NO4. The van der Waals surface area contributed by atoms with E-state index >= 15 is 0 Å². The third kappa shape index (κ3) is 2.24. The second kappa shape index (κ2) is 5.33. The van der Waals surface area contributed by atoms with Gasteiger partial charge in [0.2, 0.25) is 0 Å². The molecule has 3 saturated heterocycles. The highest BCUT2D eigenvalue weighted by atomic mass is 16.6. The molecule has 6 atom stereocenters. The van der Waals surface area contributed by atoms with Gasteiger partial charge in [-0.25, -0.2) is 0 Å². The minimum atomic E-state index is -0.593. The van der Waals surface area contributed by atoms with Crippen molar-refractivity contribution in [2.75, 3.05) is 13.7 Å². The fourth-order valence-corrected chi connectivity index (χ4v) is 4.04. The lowest BCUT2D eigenvalue weighted by atomic mass is 9.97. The van der Waals surface area contributed by atoms with Crippen LogP contribution in [-0.2, 0) is 14.3 Å². The fraction of sp³-hybridized carbons (Fsp3) is 0.588. The fourth-order valence-electron chi connectivity index (χ4n) is 4.04. The van der Waals surface area contributed by atoms with Crippen molar-refractivity contribution >= 4 is 5.97 Å². The van der Waals surface area contributed by atoms with E-state index in [1.807, 2.05) is 30.3 Å². The van der Waals surface area contributed by atoms with Crippen molar-refractivity contribution in [2.24, 2.45) is 0 Å². The van der Waals surface area contributed by atoms with Crippen molar-refractivity contribution < 1.29 is 19.4 Å². The Labute approximate surface area is 129 Å². The summed E-state index contributed by atoms with van der Waals surface area (Å²) >= 11 is 0. The Kier molecular flexibility index (Phi) is 3.44. The van der Waals surface area contributed by atoms with E-state index < -0.39 is 5.92 Å². The van der Waals surface area contributed by atoms with Crippen LogP contribution in [0.5, 0.6) is 0 Å². The van der Waals surface area contributed by atoms with Gasteiger partial charge in [-0.2, -0.15) is 0 Å². The van der Waals surface area contributed by atoms with Gasteiger partial charge in [-0.3, -0.25) is 9.69 Å². The number of piperidine rings is 1. The molecule has 1 N–H and O–H groups in total. The van der Waals surface area contributed by atoms with Crippen LogP contribution in [0.3, 0.4) is 0 Å². The number of fused-ring (bicyclic) bond motifs is 5. The summed E-state index contributed by atoms with van der Waals surface area (Å²) in [7, 11) is 2.13. The zero-order valence-corrected chi connectivity index (χ0v) is 12.6. The predicted octanol–water partition coefficient (Wildman–Crippen LogP) is 0.918. The van der Waals surface area contributed by atoms with Gasteiger partial charge in [0.1, 0.15) is 24.2 Å². The molecule has 1 aromatic carbocycles. The first-order valence-electron chi connectivity index (χ1n) is 7.92. The molecule has 0 aliphatic carbocycles. The molecule has 4 rings (SSSR count). The maximum absolute atomic E-state index is 12.4. The molecule has 22 heavy (non-hydrogen) atoms. The highest BCUT2D eigenvalue weighted by Gasteiger charge is 2.62. The first kappa shape index (κ1) is 14.2. The van der Waals surface area contributed by atoms with E-state index in [0.29, 0.717) is 24.3 Å². The molecule has 1 aromatic rings. The normalized spacial score (nSPS) is 37.5. The largest absolute Gasteiger partial charge is 0.462 e. The Bertz CT molecular complexity index is 545. The minimum Gasteiger partial charge on any atom is -0.462 e. The van der Waals surface area contributed by atoms with Crippen LogP contribution in [0.4, 0.5) is 0 Å². The molecule has 5 heteroatoms. The number of epoxide rings is 1. The summed E-state index contributed by atoms with van der Waals surface area (Å²) < 4.78 is 11.4. The molecule has 0 amide bonds. The maximum atomic E-state index is 12.4. The van der Waals surface area contributed by atoms with E-state index in [-0.39, 0.29) is 18.7 Å². The third-order valence-electron chi connectivity index (χ3n) is 5.33. The molecule has 0 saturated carbocycles. The summed E-state index contributed by atoms with van der Waals surface area (Å²) in [6, 6.07) is 10.1. The number of benzene rings is 1. The van der Waals surface area contributed by atoms with E-state index in [9.17, 15) is 9.90 Å². The lowest BCUT2D eigenvalue weighted by Gasteiger charge is -2.38. The SMILES string of the molecule is CN1[C@@H]2CC(OC(=O)[C@H](CO)c3ccccc3)C[C@H]1[C@@H]1OC12. The Morgan fingerprint density at radius 2 is 1.95 bits per heavy atom. The van der Waals surface area contributed by atoms with Gasteiger partial charge >= 0.3 is 5.97 Å². The second-order valence-corrected chi connectivity index (χ2v) is 6.54. The zero-order valence-electron chi connectivity index (χ0n) is 12.6. The lowest BCUT2D eigenvalue weighted by molar-refractivity contribution is -0.156. The summed E-state index contributed by atoms with van der Waals surface area (Å²) in [5.41, 5.74) is 0.803. The lowest BCUT2D eigenvalue weighted by Crippen LogP contribution is -2.48. The van der Waals surface area contributed by atoms with E-state index in [1.54, 1.807) is 0 Å². The summed E-state index contributed by atoms with van der Waals surface area (Å²) in [6.07, 6.45) is 2.26. The van der Waals surface area contributed by atoms with Gasteiger partial charge in [-0.1, -0.05) is 30.3 Å². The molecule has 0 radical (unpaired) electrons. The maximum Gasteiger partial charge on any atom is 0.316 e. The first-order chi connectivity index (χ1) is 10.7. The summed E-state index contributed by atoms with van der Waals surface area (Å²) in [6.45, 7) is -0.226. The number of carbonyl (C=O) groups excluding carboxylic acids is 1. The number of esters is 1. The van der Waals surface area contributed by atoms with Crippen molar-refractivity contribution in [1.29, 1.82) is 0 Å². The second-order valence-electron chi connectivity index (χ2n) is 6.54. The zero-order chi connectivity index (χ0) is 15.3. The smallest absolute Gasteiger partial charge is 0.316 e. The summed E-state index contributed by atoms with van der Waals surface area (Å²) in [5.74, 6) is -0.915. The molecule has 5 nitrogen and oxygen atoms in total. The van der Waals surface area contributed by atoms with Crippen molar-refractivity contribution in [3.8, 4) is 0 Å². The molecule has 3 fully saturated rings. The van der Waals surface area contributed by atoms with Gasteiger partial charge in [0.05, 0.1) is 6.61 Å². The van der Waals surface area contributed by atoms with Crippen molar-refractivity contribution in [3.05, 3.63) is 35.9 Å². The first-order valence-corrected chi connectivity index (χ1v) is 7.92. The highest BCUT2D eigenvalue weighted by molar-refractivity contribution is 5.78. The van der Waals surface area contributed by atoms with Crippen LogP contribution in [0.15, 0.2) is 30.3 Å². The summed E-state index contributed by atoms with van der Waals surface area (Å²) in [4.78, 5) is 14.8. The Morgan fingerprint density at radius 1 is 1.32 bits per heavy atom. The van der Waals surface area contributed by atoms with Gasteiger partial charge in [0, 0.05) is 24.9 Å². The highest BCUT2D eigenvalue weighted by Crippen LogP contribution is 2.48. The predicted molar refractivity (Wildman–Crippen MR) is 79.4 cm³/mol. The quantitative estimate of drug-likeness (QED) is 0.662. The Balaban J connectivity index is 1.42. The van der Waals surface area contributed by atoms with Gasteiger partial charge in [0.15, 0.2) is 0 Å².